The largest absolute Gasteiger partial charge is 0.459 e. The summed E-state index contributed by atoms with van der Waals surface area (Å²) in [5.74, 6) is -1.12. The average Bonchev–Trinajstić information content (AvgIpc) is 2.84. The van der Waals surface area contributed by atoms with Crippen molar-refractivity contribution in [2.75, 3.05) is 11.9 Å². The molecule has 6 nitrogen and oxygen atoms in total. The number of hydrogen-bond acceptors (Lipinski definition) is 5. The van der Waals surface area contributed by atoms with Gasteiger partial charge in [0.1, 0.15) is 11.4 Å². The van der Waals surface area contributed by atoms with E-state index >= 15 is 0 Å². The van der Waals surface area contributed by atoms with Crippen molar-refractivity contribution < 1.29 is 18.7 Å². The van der Waals surface area contributed by atoms with Gasteiger partial charge in [0.2, 0.25) is 5.91 Å². The van der Waals surface area contributed by atoms with E-state index in [1.165, 1.54) is 12.1 Å². The van der Waals surface area contributed by atoms with Gasteiger partial charge in [-0.05, 0) is 80.3 Å². The van der Waals surface area contributed by atoms with Gasteiger partial charge in [-0.15, -0.1) is 0 Å². The highest BCUT2D eigenvalue weighted by Gasteiger charge is 2.22. The van der Waals surface area contributed by atoms with E-state index in [0.29, 0.717) is 5.69 Å². The maximum absolute atomic E-state index is 13.3. The maximum atomic E-state index is 13.3. The van der Waals surface area contributed by atoms with Gasteiger partial charge in [-0.1, -0.05) is 38.1 Å². The van der Waals surface area contributed by atoms with Crippen LogP contribution in [0.4, 0.5) is 10.1 Å². The minimum Gasteiger partial charge on any atom is -0.459 e. The Kier molecular flexibility index (Phi) is 10.5. The van der Waals surface area contributed by atoms with Crippen molar-refractivity contribution in [1.29, 1.82) is 0 Å². The molecule has 0 saturated heterocycles. The minimum absolute atomic E-state index is 0.131. The Morgan fingerprint density at radius 2 is 1.63 bits per heavy atom. The third kappa shape index (κ3) is 9.66. The number of nitrogens with one attached hydrogen (secondary N) is 2. The fraction of sp³-hybridized carbons (Fsp3) is 0.321. The Hall–Kier alpha value is -3.58. The molecule has 0 radical (unpaired) electrons. The topological polar surface area (TPSA) is 80.3 Å². The number of esters is 1. The third-order valence-corrected chi connectivity index (χ3v) is 4.73. The summed E-state index contributed by atoms with van der Waals surface area (Å²) in [6.07, 6.45) is 3.69. The lowest BCUT2D eigenvalue weighted by atomic mass is 10.0. The van der Waals surface area contributed by atoms with E-state index in [9.17, 15) is 14.0 Å². The van der Waals surface area contributed by atoms with Gasteiger partial charge in [0, 0.05) is 18.1 Å². The number of halogens is 1. The molecule has 35 heavy (non-hydrogen) atoms. The molecular formula is C28H34FN3O3. The first-order valence-corrected chi connectivity index (χ1v) is 11.7. The molecular weight excluding hydrogens is 445 g/mol. The Labute approximate surface area is 206 Å². The van der Waals surface area contributed by atoms with E-state index in [4.69, 9.17) is 4.74 Å². The van der Waals surface area contributed by atoms with Crippen molar-refractivity contribution in [3.05, 3.63) is 84.4 Å². The number of nitrogens with zero attached hydrogens (tertiary/aromatic N) is 1. The Bertz CT molecular complexity index is 1080. The normalized spacial score (nSPS) is 11.6. The molecule has 0 bridgehead atoms. The van der Waals surface area contributed by atoms with Crippen LogP contribution >= 0.6 is 0 Å². The Morgan fingerprint density at radius 3 is 2.26 bits per heavy atom. The highest BCUT2D eigenvalue weighted by Crippen LogP contribution is 2.22. The first-order chi connectivity index (χ1) is 16.7. The van der Waals surface area contributed by atoms with Crippen LogP contribution in [0.1, 0.15) is 40.2 Å². The van der Waals surface area contributed by atoms with E-state index in [1.54, 1.807) is 51.4 Å². The van der Waals surface area contributed by atoms with E-state index in [-0.39, 0.29) is 24.7 Å². The summed E-state index contributed by atoms with van der Waals surface area (Å²) in [4.78, 5) is 29.3. The van der Waals surface area contributed by atoms with Gasteiger partial charge < -0.3 is 10.1 Å². The van der Waals surface area contributed by atoms with Gasteiger partial charge >= 0.3 is 5.97 Å². The van der Waals surface area contributed by atoms with Crippen molar-refractivity contribution in [2.45, 2.75) is 52.7 Å². The van der Waals surface area contributed by atoms with Crippen molar-refractivity contribution in [3.8, 4) is 11.1 Å². The molecule has 0 saturated carbocycles. The van der Waals surface area contributed by atoms with E-state index in [1.807, 2.05) is 44.2 Å². The second-order valence-corrected chi connectivity index (χ2v) is 8.66. The van der Waals surface area contributed by atoms with Crippen LogP contribution in [0.3, 0.4) is 0 Å². The molecule has 1 aromatic heterocycles. The Balaban J connectivity index is 0.00000210. The molecule has 3 aromatic rings. The third-order valence-electron chi connectivity index (χ3n) is 4.73. The van der Waals surface area contributed by atoms with E-state index in [0.717, 1.165) is 16.7 Å². The summed E-state index contributed by atoms with van der Waals surface area (Å²) in [5, 5.41) is 5.90. The smallest absolute Gasteiger partial charge is 0.320 e. The van der Waals surface area contributed by atoms with Crippen LogP contribution in [0.2, 0.25) is 0 Å². The van der Waals surface area contributed by atoms with Gasteiger partial charge in [0.05, 0.1) is 12.6 Å². The number of aromatic nitrogens is 1. The van der Waals surface area contributed by atoms with Gasteiger partial charge in [-0.25, -0.2) is 4.39 Å². The molecule has 0 aliphatic heterocycles. The molecule has 1 amide bonds. The van der Waals surface area contributed by atoms with Crippen molar-refractivity contribution in [3.63, 3.8) is 0 Å². The van der Waals surface area contributed by atoms with E-state index < -0.39 is 17.6 Å². The monoisotopic (exact) mass is 479 g/mol. The number of pyridine rings is 1. The number of rotatable bonds is 8. The second kappa shape index (κ2) is 13.3. The number of carbonyl (C=O) groups is 2. The predicted molar refractivity (Wildman–Crippen MR) is 137 cm³/mol. The number of anilines is 1. The molecule has 186 valence electrons. The fourth-order valence-corrected chi connectivity index (χ4v) is 3.25. The van der Waals surface area contributed by atoms with Crippen LogP contribution in [0.25, 0.3) is 11.1 Å². The molecule has 0 spiro atoms. The number of carbonyl (C=O) groups excluding carboxylic acids is 2. The fourth-order valence-electron chi connectivity index (χ4n) is 3.25. The zero-order chi connectivity index (χ0) is 25.8. The first-order valence-electron chi connectivity index (χ1n) is 11.7. The highest BCUT2D eigenvalue weighted by molar-refractivity contribution is 5.96. The number of hydrogen-bond donors (Lipinski definition) is 2. The van der Waals surface area contributed by atoms with Crippen LogP contribution in [0.15, 0.2) is 73.1 Å². The summed E-state index contributed by atoms with van der Waals surface area (Å²) >= 11 is 0. The summed E-state index contributed by atoms with van der Waals surface area (Å²) in [6, 6.07) is 16.4. The number of amides is 1. The summed E-state index contributed by atoms with van der Waals surface area (Å²) in [7, 11) is 0. The molecule has 2 aromatic carbocycles. The van der Waals surface area contributed by atoms with Crippen LogP contribution in [0, 0.1) is 5.82 Å². The SMILES string of the molecule is CC.CC(C)(C)OC(=O)CNC(Cc1ccc(F)cc1)C(=O)Nc1cccc(-c2ccncc2)c1. The molecule has 7 heteroatoms. The molecule has 0 aliphatic rings. The minimum atomic E-state index is -0.729. The van der Waals surface area contributed by atoms with Crippen LogP contribution in [0.5, 0.6) is 0 Å². The summed E-state index contributed by atoms with van der Waals surface area (Å²) < 4.78 is 18.6. The lowest BCUT2D eigenvalue weighted by Gasteiger charge is -2.22. The lowest BCUT2D eigenvalue weighted by Crippen LogP contribution is -2.45. The van der Waals surface area contributed by atoms with Crippen molar-refractivity contribution in [2.24, 2.45) is 0 Å². The Morgan fingerprint density at radius 1 is 0.971 bits per heavy atom. The lowest BCUT2D eigenvalue weighted by molar-refractivity contribution is -0.153. The number of ether oxygens (including phenoxy) is 1. The van der Waals surface area contributed by atoms with Crippen LogP contribution < -0.4 is 10.6 Å². The van der Waals surface area contributed by atoms with Crippen LogP contribution in [-0.4, -0.2) is 35.0 Å². The van der Waals surface area contributed by atoms with Gasteiger partial charge in [-0.3, -0.25) is 19.9 Å². The van der Waals surface area contributed by atoms with Gasteiger partial charge in [-0.2, -0.15) is 0 Å². The van der Waals surface area contributed by atoms with Crippen molar-refractivity contribution >= 4 is 17.6 Å². The second-order valence-electron chi connectivity index (χ2n) is 8.66. The zero-order valence-corrected chi connectivity index (χ0v) is 21.0. The zero-order valence-electron chi connectivity index (χ0n) is 21.0. The predicted octanol–water partition coefficient (Wildman–Crippen LogP) is 5.40. The maximum Gasteiger partial charge on any atom is 0.320 e. The summed E-state index contributed by atoms with van der Waals surface area (Å²) in [6.45, 7) is 9.21. The molecule has 1 heterocycles. The average molecular weight is 480 g/mol. The first kappa shape index (κ1) is 27.7. The van der Waals surface area contributed by atoms with Crippen LogP contribution in [-0.2, 0) is 20.7 Å². The molecule has 3 rings (SSSR count). The molecule has 1 atom stereocenters. The van der Waals surface area contributed by atoms with Gasteiger partial charge in [0.25, 0.3) is 0 Å². The van der Waals surface area contributed by atoms with Gasteiger partial charge in [0.15, 0.2) is 0 Å². The summed E-state index contributed by atoms with van der Waals surface area (Å²) in [5.41, 5.74) is 2.68. The van der Waals surface area contributed by atoms with E-state index in [2.05, 4.69) is 15.6 Å². The molecule has 2 N–H and O–H groups in total. The standard InChI is InChI=1S/C26H28FN3O3.C2H6/c1-26(2,3)33-24(31)17-29-23(15-18-7-9-21(27)10-8-18)25(32)30-22-6-4-5-20(16-22)19-11-13-28-14-12-19;1-2/h4-14,16,23,29H,15,17H2,1-3H3,(H,30,32);1-2H3. The highest BCUT2D eigenvalue weighted by atomic mass is 19.1. The number of benzene rings is 2. The van der Waals surface area contributed by atoms with Crippen molar-refractivity contribution in [1.82, 2.24) is 10.3 Å². The molecule has 1 unspecified atom stereocenters. The molecule has 0 fully saturated rings. The molecule has 0 aliphatic carbocycles. The quantitative estimate of drug-likeness (QED) is 0.423.